The quantitative estimate of drug-likeness (QED) is 0.562. The second-order valence-electron chi connectivity index (χ2n) is 7.66. The molecule has 3 aromatic rings. The number of hydrogen-bond donors (Lipinski definition) is 2. The number of nitrogens with zero attached hydrogens (tertiary/aromatic N) is 3. The molecule has 2 N–H and O–H groups in total. The first-order valence-corrected chi connectivity index (χ1v) is 11.1. The van der Waals surface area contributed by atoms with E-state index in [1.807, 2.05) is 28.8 Å². The van der Waals surface area contributed by atoms with E-state index in [0.29, 0.717) is 23.3 Å². The number of thioether (sulfide) groups is 1. The van der Waals surface area contributed by atoms with Gasteiger partial charge >= 0.3 is 0 Å². The highest BCUT2D eigenvalue weighted by atomic mass is 32.2. The summed E-state index contributed by atoms with van der Waals surface area (Å²) in [6, 6.07) is 7.86. The molecule has 1 aliphatic rings. The Balaban J connectivity index is 1.48. The number of nitrogens with one attached hydrogen (secondary N) is 2. The van der Waals surface area contributed by atoms with E-state index < -0.39 is 0 Å². The molecule has 1 atom stereocenters. The van der Waals surface area contributed by atoms with Gasteiger partial charge in [-0.25, -0.2) is 9.97 Å². The summed E-state index contributed by atoms with van der Waals surface area (Å²) >= 11 is 1.29. The van der Waals surface area contributed by atoms with Crippen LogP contribution in [0.4, 0.5) is 5.69 Å². The van der Waals surface area contributed by atoms with Gasteiger partial charge in [0.2, 0.25) is 5.91 Å². The molecule has 0 spiro atoms. The number of amides is 1. The normalized spacial score (nSPS) is 16.4. The number of H-pyrrole nitrogens is 1. The second-order valence-corrected chi connectivity index (χ2v) is 8.60. The average molecular weight is 428 g/mol. The van der Waals surface area contributed by atoms with Gasteiger partial charge in [0.05, 0.1) is 24.7 Å². The zero-order chi connectivity index (χ0) is 21.1. The van der Waals surface area contributed by atoms with E-state index in [1.165, 1.54) is 23.7 Å². The Kier molecular flexibility index (Phi) is 6.19. The third kappa shape index (κ3) is 4.57. The number of aromatic nitrogens is 4. The number of fused-ring (bicyclic) bond motifs is 1. The van der Waals surface area contributed by atoms with Crippen LogP contribution in [0, 0.1) is 0 Å². The first-order valence-electron chi connectivity index (χ1n) is 10.1. The minimum atomic E-state index is -0.289. The van der Waals surface area contributed by atoms with Gasteiger partial charge in [-0.05, 0) is 36.5 Å². The van der Waals surface area contributed by atoms with Crippen LogP contribution in [0.25, 0.3) is 11.2 Å². The van der Waals surface area contributed by atoms with Crippen molar-refractivity contribution in [2.24, 2.45) is 0 Å². The monoisotopic (exact) mass is 427 g/mol. The number of carbonyl (C=O) groups excluding carboxylic acids is 1. The van der Waals surface area contributed by atoms with Crippen molar-refractivity contribution >= 4 is 34.5 Å². The van der Waals surface area contributed by atoms with Crippen LogP contribution >= 0.6 is 11.8 Å². The van der Waals surface area contributed by atoms with E-state index in [9.17, 15) is 9.59 Å². The van der Waals surface area contributed by atoms with E-state index in [2.05, 4.69) is 34.1 Å². The molecule has 8 nitrogen and oxygen atoms in total. The number of carbonyl (C=O) groups is 1. The van der Waals surface area contributed by atoms with Gasteiger partial charge in [-0.1, -0.05) is 37.7 Å². The summed E-state index contributed by atoms with van der Waals surface area (Å²) in [6.07, 6.45) is 3.42. The van der Waals surface area contributed by atoms with Crippen LogP contribution in [0.5, 0.6) is 0 Å². The summed E-state index contributed by atoms with van der Waals surface area (Å²) in [4.78, 5) is 35.9. The fourth-order valence-electron chi connectivity index (χ4n) is 3.47. The van der Waals surface area contributed by atoms with E-state index in [4.69, 9.17) is 4.74 Å². The van der Waals surface area contributed by atoms with Crippen molar-refractivity contribution in [1.82, 2.24) is 19.5 Å². The van der Waals surface area contributed by atoms with Crippen LogP contribution in [-0.2, 0) is 16.1 Å². The zero-order valence-electron chi connectivity index (χ0n) is 17.1. The van der Waals surface area contributed by atoms with Crippen LogP contribution in [-0.4, -0.2) is 43.9 Å². The van der Waals surface area contributed by atoms with Gasteiger partial charge in [0.15, 0.2) is 16.3 Å². The molecule has 0 bridgehead atoms. The largest absolute Gasteiger partial charge is 0.376 e. The standard InChI is InChI=1S/C21H25N5O3S/c1-13(2)14-5-7-15(8-6-14)24-17(27)11-30-21-25-18-19(22-12-23-20(18)28)26(21)10-16-4-3-9-29-16/h5-8,12-13,16H,3-4,9-11H2,1-2H3,(H,24,27)(H,22,23,28)/t16-/m0/s1. The summed E-state index contributed by atoms with van der Waals surface area (Å²) in [7, 11) is 0. The number of imidazole rings is 1. The highest BCUT2D eigenvalue weighted by Crippen LogP contribution is 2.25. The Morgan fingerprint density at radius 2 is 2.17 bits per heavy atom. The lowest BCUT2D eigenvalue weighted by Gasteiger charge is -2.13. The van der Waals surface area contributed by atoms with Gasteiger partial charge in [0, 0.05) is 12.3 Å². The Morgan fingerprint density at radius 1 is 1.37 bits per heavy atom. The summed E-state index contributed by atoms with van der Waals surface area (Å²) < 4.78 is 7.63. The molecule has 3 heterocycles. The lowest BCUT2D eigenvalue weighted by atomic mass is 10.0. The topological polar surface area (TPSA) is 102 Å². The van der Waals surface area contributed by atoms with E-state index in [1.54, 1.807) is 0 Å². The third-order valence-electron chi connectivity index (χ3n) is 5.11. The van der Waals surface area contributed by atoms with Gasteiger partial charge in [-0.2, -0.15) is 0 Å². The molecule has 158 valence electrons. The predicted octanol–water partition coefficient (Wildman–Crippen LogP) is 3.15. The molecule has 2 aromatic heterocycles. The lowest BCUT2D eigenvalue weighted by Crippen LogP contribution is -2.18. The van der Waals surface area contributed by atoms with Crippen molar-refractivity contribution in [3.63, 3.8) is 0 Å². The number of benzene rings is 1. The fraction of sp³-hybridized carbons (Fsp3) is 0.429. The molecule has 30 heavy (non-hydrogen) atoms. The number of hydrogen-bond acceptors (Lipinski definition) is 6. The van der Waals surface area contributed by atoms with Gasteiger partial charge < -0.3 is 19.6 Å². The van der Waals surface area contributed by atoms with Gasteiger partial charge in [0.25, 0.3) is 5.56 Å². The van der Waals surface area contributed by atoms with Crippen molar-refractivity contribution in [3.05, 3.63) is 46.5 Å². The van der Waals surface area contributed by atoms with Crippen LogP contribution < -0.4 is 10.9 Å². The molecule has 4 rings (SSSR count). The first-order chi connectivity index (χ1) is 14.5. The molecular formula is C21H25N5O3S. The molecule has 1 aliphatic heterocycles. The highest BCUT2D eigenvalue weighted by Gasteiger charge is 2.22. The highest BCUT2D eigenvalue weighted by molar-refractivity contribution is 7.99. The number of ether oxygens (including phenoxy) is 1. The Hall–Kier alpha value is -2.65. The average Bonchev–Trinajstić information content (AvgIpc) is 3.36. The smallest absolute Gasteiger partial charge is 0.278 e. The molecule has 0 saturated carbocycles. The molecule has 0 radical (unpaired) electrons. The first kappa shape index (κ1) is 20.6. The molecule has 1 amide bonds. The van der Waals surface area contributed by atoms with Crippen molar-refractivity contribution in [1.29, 1.82) is 0 Å². The lowest BCUT2D eigenvalue weighted by molar-refractivity contribution is -0.113. The van der Waals surface area contributed by atoms with Gasteiger partial charge in [0.1, 0.15) is 0 Å². The fourth-order valence-corrected chi connectivity index (χ4v) is 4.28. The maximum Gasteiger partial charge on any atom is 0.278 e. The van der Waals surface area contributed by atoms with Crippen LogP contribution in [0.3, 0.4) is 0 Å². The molecule has 0 unspecified atom stereocenters. The van der Waals surface area contributed by atoms with Crippen molar-refractivity contribution in [2.45, 2.75) is 50.4 Å². The number of rotatable bonds is 7. The third-order valence-corrected chi connectivity index (χ3v) is 6.08. The van der Waals surface area contributed by atoms with Gasteiger partial charge in [-0.3, -0.25) is 9.59 Å². The number of aromatic amines is 1. The second kappa shape index (κ2) is 9.01. The van der Waals surface area contributed by atoms with Crippen LogP contribution in [0.1, 0.15) is 38.2 Å². The Labute approximate surface area is 178 Å². The summed E-state index contributed by atoms with van der Waals surface area (Å²) in [5, 5.41) is 3.50. The number of anilines is 1. The van der Waals surface area contributed by atoms with E-state index in [0.717, 1.165) is 25.1 Å². The summed E-state index contributed by atoms with van der Waals surface area (Å²) in [5.41, 5.74) is 2.49. The molecule has 1 fully saturated rings. The minimum absolute atomic E-state index is 0.0659. The molecular weight excluding hydrogens is 402 g/mol. The minimum Gasteiger partial charge on any atom is -0.376 e. The van der Waals surface area contributed by atoms with Crippen molar-refractivity contribution in [3.8, 4) is 0 Å². The molecule has 1 aromatic carbocycles. The predicted molar refractivity (Wildman–Crippen MR) is 117 cm³/mol. The molecule has 1 saturated heterocycles. The Morgan fingerprint density at radius 3 is 2.87 bits per heavy atom. The van der Waals surface area contributed by atoms with Crippen molar-refractivity contribution < 1.29 is 9.53 Å². The maximum atomic E-state index is 12.5. The van der Waals surface area contributed by atoms with E-state index >= 15 is 0 Å². The summed E-state index contributed by atoms with van der Waals surface area (Å²) in [5.74, 6) is 0.493. The zero-order valence-corrected chi connectivity index (χ0v) is 17.9. The molecule has 0 aliphatic carbocycles. The summed E-state index contributed by atoms with van der Waals surface area (Å²) in [6.45, 7) is 5.57. The maximum absolute atomic E-state index is 12.5. The van der Waals surface area contributed by atoms with Gasteiger partial charge in [-0.15, -0.1) is 0 Å². The Bertz CT molecular complexity index is 1080. The van der Waals surface area contributed by atoms with Crippen LogP contribution in [0.2, 0.25) is 0 Å². The van der Waals surface area contributed by atoms with Crippen LogP contribution in [0.15, 0.2) is 40.5 Å². The van der Waals surface area contributed by atoms with E-state index in [-0.39, 0.29) is 28.8 Å². The van der Waals surface area contributed by atoms with Crippen molar-refractivity contribution in [2.75, 3.05) is 17.7 Å². The SMILES string of the molecule is CC(C)c1ccc(NC(=O)CSc2nc3c(=O)[nH]cnc3n2C[C@@H]2CCCO2)cc1. The molecule has 9 heteroatoms.